The normalized spacial score (nSPS) is 18.2. The van der Waals surface area contributed by atoms with Gasteiger partial charge in [-0.25, -0.2) is 0 Å². The summed E-state index contributed by atoms with van der Waals surface area (Å²) in [5.74, 6) is 1.16. The maximum Gasteiger partial charge on any atom is 0.141 e. The predicted octanol–water partition coefficient (Wildman–Crippen LogP) is 2.31. The van der Waals surface area contributed by atoms with Crippen molar-refractivity contribution < 1.29 is 4.74 Å². The lowest BCUT2D eigenvalue weighted by Crippen LogP contribution is -2.46. The van der Waals surface area contributed by atoms with Crippen molar-refractivity contribution in [3.63, 3.8) is 0 Å². The van der Waals surface area contributed by atoms with Crippen LogP contribution in [0.3, 0.4) is 0 Å². The summed E-state index contributed by atoms with van der Waals surface area (Å²) < 4.78 is 5.78. The number of hydrogen-bond acceptors (Lipinski definition) is 3. The first kappa shape index (κ1) is 11.9. The molecule has 1 aliphatic carbocycles. The average molecular weight is 230 g/mol. The number of hydrogen-bond donors (Lipinski definition) is 1. The van der Waals surface area contributed by atoms with Gasteiger partial charge in [0.05, 0.1) is 6.07 Å². The van der Waals surface area contributed by atoms with Crippen molar-refractivity contribution in [3.05, 3.63) is 29.3 Å². The molecule has 1 atom stereocenters. The van der Waals surface area contributed by atoms with Gasteiger partial charge in [0.15, 0.2) is 0 Å². The fourth-order valence-electron chi connectivity index (χ4n) is 2.06. The highest BCUT2D eigenvalue weighted by molar-refractivity contribution is 5.40. The van der Waals surface area contributed by atoms with Crippen LogP contribution < -0.4 is 10.5 Å². The number of nitriles is 1. The molecule has 0 aromatic heterocycles. The number of ether oxygens (including phenoxy) is 1. The number of nitrogens with zero attached hydrogens (tertiary/aromatic N) is 1. The summed E-state index contributed by atoms with van der Waals surface area (Å²) in [6.07, 6.45) is 2.08. The van der Waals surface area contributed by atoms with Crippen LogP contribution in [-0.4, -0.2) is 12.1 Å². The van der Waals surface area contributed by atoms with Gasteiger partial charge in [0, 0.05) is 0 Å². The molecule has 1 unspecified atom stereocenters. The second-order valence-electron chi connectivity index (χ2n) is 4.94. The van der Waals surface area contributed by atoms with Crippen LogP contribution >= 0.6 is 0 Å². The van der Waals surface area contributed by atoms with E-state index in [0.717, 1.165) is 29.7 Å². The maximum atomic E-state index is 9.16. The molecule has 0 heterocycles. The Morgan fingerprint density at radius 3 is 2.47 bits per heavy atom. The summed E-state index contributed by atoms with van der Waals surface area (Å²) in [7, 11) is 0. The molecule has 1 aromatic rings. The molecule has 3 nitrogen and oxygen atoms in total. The van der Waals surface area contributed by atoms with E-state index in [4.69, 9.17) is 15.7 Å². The van der Waals surface area contributed by atoms with Crippen molar-refractivity contribution >= 4 is 0 Å². The van der Waals surface area contributed by atoms with Gasteiger partial charge in [0.1, 0.15) is 17.9 Å². The van der Waals surface area contributed by atoms with E-state index in [1.54, 1.807) is 0 Å². The van der Waals surface area contributed by atoms with E-state index in [9.17, 15) is 0 Å². The molecule has 0 bridgehead atoms. The Kier molecular flexibility index (Phi) is 3.08. The third kappa shape index (κ3) is 2.42. The lowest BCUT2D eigenvalue weighted by Gasteiger charge is -2.22. The summed E-state index contributed by atoms with van der Waals surface area (Å²) >= 11 is 0. The highest BCUT2D eigenvalue weighted by Gasteiger charge is 2.43. The summed E-state index contributed by atoms with van der Waals surface area (Å²) in [5, 5.41) is 9.16. The first-order valence-electron chi connectivity index (χ1n) is 5.96. The van der Waals surface area contributed by atoms with Crippen LogP contribution in [-0.2, 0) is 0 Å². The molecule has 0 amide bonds. The van der Waals surface area contributed by atoms with E-state index >= 15 is 0 Å². The number of aryl methyl sites for hydroxylation is 2. The van der Waals surface area contributed by atoms with Gasteiger partial charge in [0.2, 0.25) is 0 Å². The van der Waals surface area contributed by atoms with Gasteiger partial charge in [-0.3, -0.25) is 0 Å². The van der Waals surface area contributed by atoms with Crippen LogP contribution in [0.5, 0.6) is 5.75 Å². The summed E-state index contributed by atoms with van der Waals surface area (Å²) in [6, 6.07) is 8.21. The number of rotatable bonds is 4. The van der Waals surface area contributed by atoms with Crippen molar-refractivity contribution in [2.24, 2.45) is 11.7 Å². The lowest BCUT2D eigenvalue weighted by molar-refractivity contribution is 0.234. The third-order valence-electron chi connectivity index (χ3n) is 3.38. The molecule has 1 aromatic carbocycles. The molecule has 1 fully saturated rings. The van der Waals surface area contributed by atoms with E-state index in [1.807, 2.05) is 32.0 Å². The zero-order chi connectivity index (χ0) is 12.5. The molecular weight excluding hydrogens is 212 g/mol. The second kappa shape index (κ2) is 4.38. The molecule has 90 valence electrons. The van der Waals surface area contributed by atoms with E-state index in [2.05, 4.69) is 6.07 Å². The van der Waals surface area contributed by atoms with Crippen LogP contribution in [0.15, 0.2) is 18.2 Å². The first-order valence-corrected chi connectivity index (χ1v) is 5.96. The number of nitrogens with two attached hydrogens (primary N) is 1. The van der Waals surface area contributed by atoms with Crippen LogP contribution in [0.25, 0.3) is 0 Å². The van der Waals surface area contributed by atoms with E-state index in [-0.39, 0.29) is 6.61 Å². The molecule has 3 heteroatoms. The van der Waals surface area contributed by atoms with Crippen LogP contribution in [0.2, 0.25) is 0 Å². The Hall–Kier alpha value is -1.53. The Bertz CT molecular complexity index is 440. The molecule has 0 radical (unpaired) electrons. The van der Waals surface area contributed by atoms with Crippen LogP contribution in [0, 0.1) is 31.1 Å². The maximum absolute atomic E-state index is 9.16. The third-order valence-corrected chi connectivity index (χ3v) is 3.38. The Labute approximate surface area is 102 Å². The van der Waals surface area contributed by atoms with Crippen molar-refractivity contribution in [1.82, 2.24) is 0 Å². The smallest absolute Gasteiger partial charge is 0.141 e. The predicted molar refractivity (Wildman–Crippen MR) is 66.7 cm³/mol. The standard InChI is InChI=1S/C14H18N2O/c1-10-4-3-5-11(2)13(10)17-9-14(16,8-15)12-6-7-12/h3-5,12H,6-7,9,16H2,1-2H3. The highest BCUT2D eigenvalue weighted by Crippen LogP contribution is 2.38. The SMILES string of the molecule is Cc1cccc(C)c1OCC(N)(C#N)C1CC1. The second-order valence-corrected chi connectivity index (χ2v) is 4.94. The van der Waals surface area contributed by atoms with E-state index < -0.39 is 5.54 Å². The zero-order valence-electron chi connectivity index (χ0n) is 10.4. The summed E-state index contributed by atoms with van der Waals surface area (Å²) in [5.41, 5.74) is 7.41. The highest BCUT2D eigenvalue weighted by atomic mass is 16.5. The van der Waals surface area contributed by atoms with E-state index in [0.29, 0.717) is 5.92 Å². The Morgan fingerprint density at radius 2 is 2.00 bits per heavy atom. The van der Waals surface area contributed by atoms with Gasteiger partial charge < -0.3 is 10.5 Å². The minimum absolute atomic E-state index is 0.278. The minimum Gasteiger partial charge on any atom is -0.490 e. The van der Waals surface area contributed by atoms with Crippen molar-refractivity contribution in [2.45, 2.75) is 32.2 Å². The fourth-order valence-corrected chi connectivity index (χ4v) is 2.06. The zero-order valence-corrected chi connectivity index (χ0v) is 10.4. The Morgan fingerprint density at radius 1 is 1.41 bits per heavy atom. The molecule has 0 spiro atoms. The van der Waals surface area contributed by atoms with Crippen LogP contribution in [0.4, 0.5) is 0 Å². The van der Waals surface area contributed by atoms with Gasteiger partial charge in [-0.1, -0.05) is 18.2 Å². The quantitative estimate of drug-likeness (QED) is 0.863. The monoisotopic (exact) mass is 230 g/mol. The molecule has 2 N–H and O–H groups in total. The van der Waals surface area contributed by atoms with Crippen molar-refractivity contribution in [2.75, 3.05) is 6.61 Å². The van der Waals surface area contributed by atoms with Gasteiger partial charge in [0.25, 0.3) is 0 Å². The van der Waals surface area contributed by atoms with Gasteiger partial charge in [-0.15, -0.1) is 0 Å². The fraction of sp³-hybridized carbons (Fsp3) is 0.500. The molecule has 2 rings (SSSR count). The van der Waals surface area contributed by atoms with Crippen molar-refractivity contribution in [3.8, 4) is 11.8 Å². The van der Waals surface area contributed by atoms with Gasteiger partial charge in [-0.2, -0.15) is 5.26 Å². The minimum atomic E-state index is -0.825. The summed E-state index contributed by atoms with van der Waals surface area (Å²) in [6.45, 7) is 4.29. The molecule has 1 saturated carbocycles. The molecule has 0 saturated heterocycles. The van der Waals surface area contributed by atoms with Crippen LogP contribution in [0.1, 0.15) is 24.0 Å². The average Bonchev–Trinajstić information content (AvgIpc) is 3.12. The van der Waals surface area contributed by atoms with Crippen molar-refractivity contribution in [1.29, 1.82) is 5.26 Å². The Balaban J connectivity index is 2.09. The number of para-hydroxylation sites is 1. The molecule has 17 heavy (non-hydrogen) atoms. The topological polar surface area (TPSA) is 59.0 Å². The molecular formula is C14H18N2O. The first-order chi connectivity index (χ1) is 8.07. The van der Waals surface area contributed by atoms with Gasteiger partial charge >= 0.3 is 0 Å². The molecule has 0 aliphatic heterocycles. The number of benzene rings is 1. The van der Waals surface area contributed by atoms with E-state index in [1.165, 1.54) is 0 Å². The summed E-state index contributed by atoms with van der Waals surface area (Å²) in [4.78, 5) is 0. The molecule has 1 aliphatic rings. The lowest BCUT2D eigenvalue weighted by atomic mass is 9.98. The largest absolute Gasteiger partial charge is 0.490 e. The van der Waals surface area contributed by atoms with Gasteiger partial charge in [-0.05, 0) is 43.7 Å².